The van der Waals surface area contributed by atoms with Crippen molar-refractivity contribution < 1.29 is 14.3 Å². The van der Waals surface area contributed by atoms with Crippen LogP contribution in [0.2, 0.25) is 0 Å². The number of guanidine groups is 1. The number of ether oxygens (including phenoxy) is 2. The Morgan fingerprint density at radius 1 is 1.07 bits per heavy atom. The molecule has 2 heterocycles. The van der Waals surface area contributed by atoms with Crippen LogP contribution in [0.15, 0.2) is 76.3 Å². The van der Waals surface area contributed by atoms with Crippen LogP contribution in [0.1, 0.15) is 16.1 Å². The highest BCUT2D eigenvalue weighted by molar-refractivity contribution is 9.10. The van der Waals surface area contributed by atoms with Gasteiger partial charge in [-0.15, -0.1) is 0 Å². The van der Waals surface area contributed by atoms with E-state index in [4.69, 9.17) is 9.47 Å². The fraction of sp³-hybridized carbons (Fsp3) is 0.0952. The van der Waals surface area contributed by atoms with Crippen LogP contribution in [-0.4, -0.2) is 23.6 Å². The molecule has 1 aliphatic rings. The third kappa shape index (κ3) is 4.91. The number of pyridine rings is 1. The standard InChI is InChI=1S/C21H17BrN4O3/c22-15-5-7-16(8-6-15)25-21(24-12-17-3-1-2-10-23-17)26-20(27)14-4-9-18-19(11-14)29-13-28-18/h1-11H,12-13H2,(H2,24,25,26,27). The van der Waals surface area contributed by atoms with Gasteiger partial charge in [-0.25, -0.2) is 4.99 Å². The number of nitrogens with one attached hydrogen (secondary N) is 2. The second-order valence-corrected chi connectivity index (χ2v) is 7.06. The number of halogens is 1. The van der Waals surface area contributed by atoms with Gasteiger partial charge in [-0.2, -0.15) is 0 Å². The van der Waals surface area contributed by atoms with Crippen molar-refractivity contribution >= 4 is 33.5 Å². The number of carbonyl (C=O) groups is 1. The highest BCUT2D eigenvalue weighted by Crippen LogP contribution is 2.32. The van der Waals surface area contributed by atoms with E-state index in [0.29, 0.717) is 29.6 Å². The number of anilines is 1. The molecule has 1 aromatic heterocycles. The van der Waals surface area contributed by atoms with E-state index in [0.717, 1.165) is 15.9 Å². The molecule has 0 fully saturated rings. The molecule has 29 heavy (non-hydrogen) atoms. The van der Waals surface area contributed by atoms with Gasteiger partial charge >= 0.3 is 0 Å². The van der Waals surface area contributed by atoms with Crippen molar-refractivity contribution in [2.75, 3.05) is 12.1 Å². The number of aromatic nitrogens is 1. The minimum absolute atomic E-state index is 0.155. The van der Waals surface area contributed by atoms with Gasteiger partial charge < -0.3 is 14.8 Å². The van der Waals surface area contributed by atoms with Crippen molar-refractivity contribution in [3.05, 3.63) is 82.6 Å². The molecule has 0 bridgehead atoms. The number of carbonyl (C=O) groups excluding carboxylic acids is 1. The molecule has 4 rings (SSSR count). The van der Waals surface area contributed by atoms with E-state index in [1.807, 2.05) is 42.5 Å². The lowest BCUT2D eigenvalue weighted by molar-refractivity contribution is 0.0976. The molecule has 0 saturated heterocycles. The van der Waals surface area contributed by atoms with Crippen molar-refractivity contribution in [2.45, 2.75) is 6.54 Å². The van der Waals surface area contributed by atoms with Gasteiger partial charge in [0.1, 0.15) is 0 Å². The molecule has 0 unspecified atom stereocenters. The van der Waals surface area contributed by atoms with Crippen LogP contribution in [0.25, 0.3) is 0 Å². The van der Waals surface area contributed by atoms with Crippen LogP contribution < -0.4 is 20.1 Å². The smallest absolute Gasteiger partial charge is 0.258 e. The Labute approximate surface area is 175 Å². The average molecular weight is 453 g/mol. The summed E-state index contributed by atoms with van der Waals surface area (Å²) in [5.74, 6) is 1.18. The first kappa shape index (κ1) is 18.9. The molecule has 1 amide bonds. The number of hydrogen-bond acceptors (Lipinski definition) is 5. The summed E-state index contributed by atoms with van der Waals surface area (Å²) in [5.41, 5.74) is 2.02. The predicted octanol–water partition coefficient (Wildman–Crippen LogP) is 3.97. The molecular weight excluding hydrogens is 436 g/mol. The van der Waals surface area contributed by atoms with Gasteiger partial charge in [0, 0.05) is 21.9 Å². The van der Waals surface area contributed by atoms with Gasteiger partial charge in [0.2, 0.25) is 12.8 Å². The Hall–Kier alpha value is -3.39. The van der Waals surface area contributed by atoms with E-state index in [1.165, 1.54) is 0 Å². The largest absolute Gasteiger partial charge is 0.454 e. The van der Waals surface area contributed by atoms with Crippen LogP contribution >= 0.6 is 15.9 Å². The van der Waals surface area contributed by atoms with E-state index < -0.39 is 0 Å². The van der Waals surface area contributed by atoms with Gasteiger partial charge in [0.25, 0.3) is 5.91 Å². The lowest BCUT2D eigenvalue weighted by Gasteiger charge is -2.12. The minimum Gasteiger partial charge on any atom is -0.454 e. The predicted molar refractivity (Wildman–Crippen MR) is 113 cm³/mol. The number of fused-ring (bicyclic) bond motifs is 1. The van der Waals surface area contributed by atoms with Crippen LogP contribution in [0, 0.1) is 0 Å². The normalized spacial score (nSPS) is 12.5. The quantitative estimate of drug-likeness (QED) is 0.462. The van der Waals surface area contributed by atoms with E-state index in [9.17, 15) is 4.79 Å². The number of amides is 1. The van der Waals surface area contributed by atoms with Crippen molar-refractivity contribution in [1.29, 1.82) is 0 Å². The van der Waals surface area contributed by atoms with Crippen molar-refractivity contribution in [1.82, 2.24) is 10.3 Å². The number of benzene rings is 2. The first-order chi connectivity index (χ1) is 14.2. The van der Waals surface area contributed by atoms with Crippen molar-refractivity contribution in [2.24, 2.45) is 4.99 Å². The fourth-order valence-corrected chi connectivity index (χ4v) is 2.91. The minimum atomic E-state index is -0.312. The summed E-state index contributed by atoms with van der Waals surface area (Å²) in [6, 6.07) is 18.2. The van der Waals surface area contributed by atoms with Gasteiger partial charge in [0.05, 0.1) is 12.2 Å². The summed E-state index contributed by atoms with van der Waals surface area (Å²) in [4.78, 5) is 21.5. The summed E-state index contributed by atoms with van der Waals surface area (Å²) >= 11 is 3.41. The first-order valence-corrected chi connectivity index (χ1v) is 9.64. The summed E-state index contributed by atoms with van der Waals surface area (Å²) in [7, 11) is 0. The Bertz CT molecular complexity index is 1040. The molecule has 2 aromatic carbocycles. The average Bonchev–Trinajstić information content (AvgIpc) is 3.22. The van der Waals surface area contributed by atoms with Crippen LogP contribution in [-0.2, 0) is 6.54 Å². The number of aliphatic imine (C=N–C) groups is 1. The van der Waals surface area contributed by atoms with Crippen molar-refractivity contribution in [3.63, 3.8) is 0 Å². The van der Waals surface area contributed by atoms with Gasteiger partial charge in [-0.05, 0) is 54.6 Å². The second-order valence-electron chi connectivity index (χ2n) is 6.14. The van der Waals surface area contributed by atoms with E-state index in [2.05, 4.69) is 36.5 Å². The molecule has 3 aromatic rings. The first-order valence-electron chi connectivity index (χ1n) is 8.85. The lowest BCUT2D eigenvalue weighted by Crippen LogP contribution is -2.36. The molecule has 1 aliphatic heterocycles. The molecule has 0 radical (unpaired) electrons. The number of nitrogens with zero attached hydrogens (tertiary/aromatic N) is 2. The molecule has 0 spiro atoms. The Morgan fingerprint density at radius 2 is 1.90 bits per heavy atom. The molecule has 2 N–H and O–H groups in total. The topological polar surface area (TPSA) is 84.8 Å². The van der Waals surface area contributed by atoms with E-state index >= 15 is 0 Å². The van der Waals surface area contributed by atoms with Crippen molar-refractivity contribution in [3.8, 4) is 11.5 Å². The highest BCUT2D eigenvalue weighted by atomic mass is 79.9. The molecule has 0 saturated carbocycles. The molecule has 8 heteroatoms. The summed E-state index contributed by atoms with van der Waals surface area (Å²) in [6.45, 7) is 0.476. The zero-order valence-electron chi connectivity index (χ0n) is 15.3. The summed E-state index contributed by atoms with van der Waals surface area (Å²) in [6.07, 6.45) is 1.71. The monoisotopic (exact) mass is 452 g/mol. The maximum Gasteiger partial charge on any atom is 0.258 e. The third-order valence-electron chi connectivity index (χ3n) is 4.10. The number of hydrogen-bond donors (Lipinski definition) is 2. The summed E-state index contributed by atoms with van der Waals surface area (Å²) in [5, 5.41) is 5.96. The maximum absolute atomic E-state index is 12.8. The van der Waals surface area contributed by atoms with Gasteiger partial charge in [-0.1, -0.05) is 22.0 Å². The Kier molecular flexibility index (Phi) is 5.71. The third-order valence-corrected chi connectivity index (χ3v) is 4.63. The fourth-order valence-electron chi connectivity index (χ4n) is 2.65. The van der Waals surface area contributed by atoms with Crippen LogP contribution in [0.4, 0.5) is 5.69 Å². The van der Waals surface area contributed by atoms with E-state index in [1.54, 1.807) is 24.4 Å². The Morgan fingerprint density at radius 3 is 2.69 bits per heavy atom. The maximum atomic E-state index is 12.8. The van der Waals surface area contributed by atoms with E-state index in [-0.39, 0.29) is 12.7 Å². The van der Waals surface area contributed by atoms with Crippen LogP contribution in [0.3, 0.4) is 0 Å². The molecular formula is C21H17BrN4O3. The van der Waals surface area contributed by atoms with Crippen LogP contribution in [0.5, 0.6) is 11.5 Å². The summed E-state index contributed by atoms with van der Waals surface area (Å²) < 4.78 is 11.6. The molecule has 146 valence electrons. The molecule has 7 nitrogen and oxygen atoms in total. The molecule has 0 aliphatic carbocycles. The SMILES string of the molecule is O=C(NC(=NCc1ccccn1)Nc1ccc(Br)cc1)c1ccc2c(c1)OCO2. The van der Waals surface area contributed by atoms with Gasteiger partial charge in [0.15, 0.2) is 11.5 Å². The van der Waals surface area contributed by atoms with Gasteiger partial charge in [-0.3, -0.25) is 15.1 Å². The highest BCUT2D eigenvalue weighted by Gasteiger charge is 2.17. The second kappa shape index (κ2) is 8.74. The zero-order valence-corrected chi connectivity index (χ0v) is 16.8. The number of rotatable bonds is 4. The Balaban J connectivity index is 1.53. The zero-order chi connectivity index (χ0) is 20.1. The lowest BCUT2D eigenvalue weighted by atomic mass is 10.2. The molecule has 0 atom stereocenters.